The summed E-state index contributed by atoms with van der Waals surface area (Å²) in [6.07, 6.45) is 3.55. The van der Waals surface area contributed by atoms with E-state index in [-0.39, 0.29) is 5.91 Å². The second-order valence-electron chi connectivity index (χ2n) is 5.42. The average molecular weight is 291 g/mol. The van der Waals surface area contributed by atoms with Gasteiger partial charge in [-0.3, -0.25) is 4.79 Å². The minimum Gasteiger partial charge on any atom is -0.352 e. The summed E-state index contributed by atoms with van der Waals surface area (Å²) in [6.45, 7) is 6.17. The number of hydrogen-bond acceptors (Lipinski definition) is 5. The Balaban J connectivity index is 2.13. The molecule has 0 radical (unpaired) electrons. The molecule has 0 aliphatic heterocycles. The van der Waals surface area contributed by atoms with Crippen molar-refractivity contribution >= 4 is 11.7 Å². The molecular weight excluding hydrogens is 266 g/mol. The summed E-state index contributed by atoms with van der Waals surface area (Å²) in [5, 5.41) is 11.0. The molecule has 1 aliphatic rings. The zero-order valence-corrected chi connectivity index (χ0v) is 12.9. The smallest absolute Gasteiger partial charge is 0.271 e. The van der Waals surface area contributed by atoms with Crippen molar-refractivity contribution in [2.75, 3.05) is 24.5 Å². The molecule has 0 saturated heterocycles. The molecule has 0 aromatic carbocycles. The second kappa shape index (κ2) is 7.36. The Bertz CT molecular complexity index is 462. The Morgan fingerprint density at radius 1 is 1.38 bits per heavy atom. The molecule has 0 bridgehead atoms. The fourth-order valence-electron chi connectivity index (χ4n) is 3.12. The van der Waals surface area contributed by atoms with E-state index in [4.69, 9.17) is 5.73 Å². The van der Waals surface area contributed by atoms with Crippen LogP contribution in [-0.4, -0.2) is 41.8 Å². The van der Waals surface area contributed by atoms with Gasteiger partial charge in [-0.25, -0.2) is 0 Å². The van der Waals surface area contributed by atoms with Crippen LogP contribution < -0.4 is 16.0 Å². The first-order chi connectivity index (χ1) is 10.2. The predicted octanol–water partition coefficient (Wildman–Crippen LogP) is 1.18. The zero-order valence-electron chi connectivity index (χ0n) is 12.9. The number of anilines is 1. The molecular formula is C15H25N5O. The van der Waals surface area contributed by atoms with Gasteiger partial charge in [-0.1, -0.05) is 6.42 Å². The molecule has 1 saturated carbocycles. The maximum absolute atomic E-state index is 11.7. The van der Waals surface area contributed by atoms with Crippen LogP contribution in [0.1, 0.15) is 43.6 Å². The summed E-state index contributed by atoms with van der Waals surface area (Å²) in [6, 6.07) is 4.06. The van der Waals surface area contributed by atoms with E-state index in [2.05, 4.69) is 27.3 Å². The van der Waals surface area contributed by atoms with Crippen LogP contribution in [-0.2, 0) is 0 Å². The third-order valence-corrected chi connectivity index (χ3v) is 4.18. The van der Waals surface area contributed by atoms with Gasteiger partial charge in [0.15, 0.2) is 11.5 Å². The molecule has 2 rings (SSSR count). The summed E-state index contributed by atoms with van der Waals surface area (Å²) < 4.78 is 0. The molecule has 0 spiro atoms. The van der Waals surface area contributed by atoms with Gasteiger partial charge in [-0.15, -0.1) is 10.2 Å². The third kappa shape index (κ3) is 3.50. The number of nitrogens with one attached hydrogen (secondary N) is 1. The maximum Gasteiger partial charge on any atom is 0.271 e. The molecule has 1 amide bonds. The number of rotatable bonds is 6. The number of amides is 1. The van der Waals surface area contributed by atoms with Crippen LogP contribution in [0.3, 0.4) is 0 Å². The van der Waals surface area contributed by atoms with Gasteiger partial charge < -0.3 is 16.0 Å². The van der Waals surface area contributed by atoms with Crippen LogP contribution >= 0.6 is 0 Å². The maximum atomic E-state index is 11.7. The van der Waals surface area contributed by atoms with Crippen molar-refractivity contribution in [3.05, 3.63) is 17.8 Å². The largest absolute Gasteiger partial charge is 0.352 e. The highest BCUT2D eigenvalue weighted by Crippen LogP contribution is 2.31. The van der Waals surface area contributed by atoms with E-state index in [1.54, 1.807) is 6.07 Å². The minimum atomic E-state index is -0.180. The molecule has 1 aromatic rings. The normalized spacial score (nSPS) is 21.3. The lowest BCUT2D eigenvalue weighted by Gasteiger charge is -2.32. The summed E-state index contributed by atoms with van der Waals surface area (Å²) in [4.78, 5) is 14.0. The van der Waals surface area contributed by atoms with Crippen LogP contribution in [0.25, 0.3) is 0 Å². The van der Waals surface area contributed by atoms with Crippen molar-refractivity contribution in [1.29, 1.82) is 0 Å². The zero-order chi connectivity index (χ0) is 15.2. The summed E-state index contributed by atoms with van der Waals surface area (Å²) in [5.74, 6) is 1.17. The molecule has 1 aliphatic carbocycles. The van der Waals surface area contributed by atoms with Crippen molar-refractivity contribution in [1.82, 2.24) is 15.5 Å². The van der Waals surface area contributed by atoms with Crippen LogP contribution in [0.15, 0.2) is 12.1 Å². The highest BCUT2D eigenvalue weighted by Gasteiger charge is 2.31. The quantitative estimate of drug-likeness (QED) is 0.822. The number of aromatic nitrogens is 2. The Labute approximate surface area is 126 Å². The van der Waals surface area contributed by atoms with Crippen LogP contribution in [0.4, 0.5) is 5.82 Å². The van der Waals surface area contributed by atoms with Gasteiger partial charge >= 0.3 is 0 Å². The Kier molecular flexibility index (Phi) is 5.50. The molecule has 116 valence electrons. The van der Waals surface area contributed by atoms with E-state index in [0.29, 0.717) is 30.7 Å². The number of carbonyl (C=O) groups excluding carboxylic acids is 1. The van der Waals surface area contributed by atoms with Crippen molar-refractivity contribution in [3.63, 3.8) is 0 Å². The van der Waals surface area contributed by atoms with E-state index in [1.807, 2.05) is 13.0 Å². The Morgan fingerprint density at radius 2 is 2.19 bits per heavy atom. The van der Waals surface area contributed by atoms with Crippen LogP contribution in [0, 0.1) is 5.92 Å². The first-order valence-corrected chi connectivity index (χ1v) is 7.79. The van der Waals surface area contributed by atoms with Crippen molar-refractivity contribution in [3.8, 4) is 0 Å². The number of hydrogen-bond donors (Lipinski definition) is 2. The van der Waals surface area contributed by atoms with Gasteiger partial charge in [-0.2, -0.15) is 0 Å². The standard InChI is InChI=1S/C15H25N5O/c1-3-17-15(21)12-8-9-14(19-18-12)20(4-2)13-7-5-6-11(13)10-16/h8-9,11,13H,3-7,10,16H2,1-2H3,(H,17,21). The summed E-state index contributed by atoms with van der Waals surface area (Å²) in [7, 11) is 0. The van der Waals surface area contributed by atoms with Crippen LogP contribution in [0.2, 0.25) is 0 Å². The summed E-state index contributed by atoms with van der Waals surface area (Å²) in [5.41, 5.74) is 6.24. The fourth-order valence-corrected chi connectivity index (χ4v) is 3.12. The van der Waals surface area contributed by atoms with Gasteiger partial charge in [0.2, 0.25) is 0 Å². The third-order valence-electron chi connectivity index (χ3n) is 4.18. The Hall–Kier alpha value is -1.69. The van der Waals surface area contributed by atoms with Crippen molar-refractivity contribution in [2.45, 2.75) is 39.2 Å². The van der Waals surface area contributed by atoms with Crippen molar-refractivity contribution < 1.29 is 4.79 Å². The Morgan fingerprint density at radius 3 is 2.76 bits per heavy atom. The summed E-state index contributed by atoms with van der Waals surface area (Å²) >= 11 is 0. The molecule has 6 heteroatoms. The first kappa shape index (κ1) is 15.7. The molecule has 3 N–H and O–H groups in total. The molecule has 1 heterocycles. The molecule has 21 heavy (non-hydrogen) atoms. The van der Waals surface area contributed by atoms with Gasteiger partial charge in [0.05, 0.1) is 0 Å². The fraction of sp³-hybridized carbons (Fsp3) is 0.667. The number of nitrogens with two attached hydrogens (primary N) is 1. The first-order valence-electron chi connectivity index (χ1n) is 7.79. The SMILES string of the molecule is CCNC(=O)c1ccc(N(CC)C2CCCC2CN)nn1. The topological polar surface area (TPSA) is 84.1 Å². The van der Waals surface area contributed by atoms with E-state index >= 15 is 0 Å². The molecule has 1 aromatic heterocycles. The highest BCUT2D eigenvalue weighted by molar-refractivity contribution is 5.92. The molecule has 1 fully saturated rings. The van der Waals surface area contributed by atoms with E-state index in [1.165, 1.54) is 12.8 Å². The lowest BCUT2D eigenvalue weighted by molar-refractivity contribution is 0.0950. The monoisotopic (exact) mass is 291 g/mol. The van der Waals surface area contributed by atoms with Gasteiger partial charge in [0.25, 0.3) is 5.91 Å². The van der Waals surface area contributed by atoms with Crippen molar-refractivity contribution in [2.24, 2.45) is 11.7 Å². The molecule has 2 atom stereocenters. The lowest BCUT2D eigenvalue weighted by Crippen LogP contribution is -2.41. The predicted molar refractivity (Wildman–Crippen MR) is 83.2 cm³/mol. The van der Waals surface area contributed by atoms with E-state index in [9.17, 15) is 4.79 Å². The average Bonchev–Trinajstić information content (AvgIpc) is 2.97. The number of carbonyl (C=O) groups is 1. The van der Waals surface area contributed by atoms with E-state index < -0.39 is 0 Å². The highest BCUT2D eigenvalue weighted by atomic mass is 16.1. The van der Waals surface area contributed by atoms with E-state index in [0.717, 1.165) is 18.8 Å². The number of nitrogens with zero attached hydrogens (tertiary/aromatic N) is 3. The van der Waals surface area contributed by atoms with Gasteiger partial charge in [-0.05, 0) is 51.3 Å². The van der Waals surface area contributed by atoms with Gasteiger partial charge in [0.1, 0.15) is 0 Å². The van der Waals surface area contributed by atoms with Crippen LogP contribution in [0.5, 0.6) is 0 Å². The minimum absolute atomic E-state index is 0.180. The lowest BCUT2D eigenvalue weighted by atomic mass is 10.0. The molecule has 6 nitrogen and oxygen atoms in total. The molecule has 2 unspecified atom stereocenters. The van der Waals surface area contributed by atoms with Gasteiger partial charge in [0, 0.05) is 19.1 Å². The second-order valence-corrected chi connectivity index (χ2v) is 5.42.